The van der Waals surface area contributed by atoms with Gasteiger partial charge in [0.25, 0.3) is 0 Å². The Kier molecular flexibility index (Phi) is 7.22. The van der Waals surface area contributed by atoms with Crippen LogP contribution in [0.25, 0.3) is 0 Å². The molecule has 0 aromatic heterocycles. The first-order valence-electron chi connectivity index (χ1n) is 13.3. The third-order valence-corrected chi connectivity index (χ3v) is 8.77. The molecule has 2 saturated heterocycles. The number of fused-ring (bicyclic) bond motifs is 4. The predicted molar refractivity (Wildman–Crippen MR) is 137 cm³/mol. The zero-order chi connectivity index (χ0) is 29.7. The molecule has 13 heteroatoms. The van der Waals surface area contributed by atoms with E-state index in [1.165, 1.54) is 26.4 Å². The van der Waals surface area contributed by atoms with Crippen LogP contribution >= 0.6 is 0 Å². The standard InChI is InChI=1S/C28H30N2O11/c1-40-17-9-12(31)10-18(41-2)24(17)22-13-3-4-14-21(27(38)29(25(14)36)7-5-19(32)33)15(13)11-16-23(22)28(39)30(26(16)37)8-6-20(34)35/h3,9-10,14-16,21-23,31H,4-8,11H2,1-2H3,(H,32,33)(H,34,35)/t14-,15+,16+,21-,22-,23+/m0/s1. The second kappa shape index (κ2) is 10.5. The van der Waals surface area contributed by atoms with Crippen LogP contribution in [-0.2, 0) is 28.8 Å². The number of amides is 4. The van der Waals surface area contributed by atoms with E-state index in [9.17, 15) is 39.0 Å². The average Bonchev–Trinajstić information content (AvgIpc) is 3.32. The number of carboxylic acids is 2. The minimum atomic E-state index is -1.17. The number of aliphatic carboxylic acids is 2. The smallest absolute Gasteiger partial charge is 0.305 e. The third-order valence-electron chi connectivity index (χ3n) is 8.77. The number of rotatable bonds is 9. The molecule has 4 aliphatic rings. The van der Waals surface area contributed by atoms with Crippen molar-refractivity contribution < 1.29 is 53.6 Å². The fourth-order valence-corrected chi connectivity index (χ4v) is 7.13. The summed E-state index contributed by atoms with van der Waals surface area (Å²) >= 11 is 0. The van der Waals surface area contributed by atoms with E-state index in [4.69, 9.17) is 14.6 Å². The Hall–Kier alpha value is -4.42. The number of phenolic OH excluding ortho intramolecular Hbond substituents is 1. The summed E-state index contributed by atoms with van der Waals surface area (Å²) in [4.78, 5) is 78.6. The maximum atomic E-state index is 13.8. The van der Waals surface area contributed by atoms with Crippen molar-refractivity contribution in [1.29, 1.82) is 0 Å². The van der Waals surface area contributed by atoms with E-state index < -0.39 is 83.9 Å². The highest BCUT2D eigenvalue weighted by molar-refractivity contribution is 6.08. The van der Waals surface area contributed by atoms with Gasteiger partial charge in [-0.25, -0.2) is 0 Å². The molecule has 4 amide bonds. The van der Waals surface area contributed by atoms with Gasteiger partial charge in [0.15, 0.2) is 0 Å². The van der Waals surface area contributed by atoms with E-state index >= 15 is 0 Å². The van der Waals surface area contributed by atoms with Crippen LogP contribution in [0.1, 0.15) is 37.2 Å². The first-order valence-corrected chi connectivity index (χ1v) is 13.3. The number of carboxylic acid groups (broad SMARTS) is 2. The number of carbonyl (C=O) groups excluding carboxylic acids is 4. The highest BCUT2D eigenvalue weighted by Gasteiger charge is 2.62. The molecule has 218 valence electrons. The van der Waals surface area contributed by atoms with Gasteiger partial charge in [0.2, 0.25) is 23.6 Å². The second-order valence-electron chi connectivity index (χ2n) is 10.7. The Morgan fingerprint density at radius 2 is 1.32 bits per heavy atom. The van der Waals surface area contributed by atoms with Crippen LogP contribution < -0.4 is 9.47 Å². The monoisotopic (exact) mass is 570 g/mol. The van der Waals surface area contributed by atoms with Crippen molar-refractivity contribution in [3.8, 4) is 17.2 Å². The molecule has 0 spiro atoms. The highest BCUT2D eigenvalue weighted by atomic mass is 16.5. The van der Waals surface area contributed by atoms with Gasteiger partial charge in [-0.2, -0.15) is 0 Å². The van der Waals surface area contributed by atoms with Gasteiger partial charge in [-0.15, -0.1) is 0 Å². The average molecular weight is 571 g/mol. The minimum absolute atomic E-state index is 0.0802. The molecule has 1 aromatic rings. The molecular formula is C28H30N2O11. The SMILES string of the molecule is COc1cc(O)cc(OC)c1[C@H]1C2=CC[C@@H]3C(=O)N(CCC(=O)O)C(=O)[C@@H]3[C@@H]2C[C@H]2C(=O)N(CCC(=O)O)C(=O)[C@@H]12. The Morgan fingerprint density at radius 1 is 0.805 bits per heavy atom. The maximum Gasteiger partial charge on any atom is 0.305 e. The number of ether oxygens (including phenoxy) is 2. The van der Waals surface area contributed by atoms with Gasteiger partial charge in [-0.3, -0.25) is 38.6 Å². The van der Waals surface area contributed by atoms with E-state index in [1.54, 1.807) is 0 Å². The number of aromatic hydroxyl groups is 1. The molecule has 0 unspecified atom stereocenters. The number of imide groups is 2. The largest absolute Gasteiger partial charge is 0.508 e. The van der Waals surface area contributed by atoms with Gasteiger partial charge < -0.3 is 24.8 Å². The lowest BCUT2D eigenvalue weighted by atomic mass is 9.57. The molecule has 3 N–H and O–H groups in total. The molecule has 5 rings (SSSR count). The summed E-state index contributed by atoms with van der Waals surface area (Å²) in [5, 5.41) is 28.6. The lowest BCUT2D eigenvalue weighted by Crippen LogP contribution is -2.43. The third kappa shape index (κ3) is 4.49. The minimum Gasteiger partial charge on any atom is -0.508 e. The van der Waals surface area contributed by atoms with Crippen LogP contribution in [0.4, 0.5) is 0 Å². The molecule has 2 aliphatic carbocycles. The molecule has 3 fully saturated rings. The Labute approximate surface area is 234 Å². The number of hydrogen-bond acceptors (Lipinski definition) is 9. The predicted octanol–water partition coefficient (Wildman–Crippen LogP) is 0.995. The summed E-state index contributed by atoms with van der Waals surface area (Å²) < 4.78 is 11.1. The van der Waals surface area contributed by atoms with Gasteiger partial charge in [0.05, 0.1) is 50.7 Å². The van der Waals surface area contributed by atoms with Crippen LogP contribution in [0.2, 0.25) is 0 Å². The number of carbonyl (C=O) groups is 6. The van der Waals surface area contributed by atoms with Crippen LogP contribution in [0.3, 0.4) is 0 Å². The van der Waals surface area contributed by atoms with E-state index in [0.717, 1.165) is 9.80 Å². The van der Waals surface area contributed by atoms with E-state index in [2.05, 4.69) is 0 Å². The number of hydrogen-bond donors (Lipinski definition) is 3. The summed E-state index contributed by atoms with van der Waals surface area (Å²) in [7, 11) is 2.75. The normalized spacial score (nSPS) is 28.7. The van der Waals surface area contributed by atoms with Crippen molar-refractivity contribution in [2.45, 2.75) is 31.6 Å². The maximum absolute atomic E-state index is 13.8. The van der Waals surface area contributed by atoms with Gasteiger partial charge >= 0.3 is 11.9 Å². The van der Waals surface area contributed by atoms with Crippen LogP contribution in [-0.4, -0.2) is 88.0 Å². The van der Waals surface area contributed by atoms with E-state index in [1.807, 2.05) is 6.08 Å². The van der Waals surface area contributed by atoms with Crippen molar-refractivity contribution in [1.82, 2.24) is 9.80 Å². The molecule has 1 saturated carbocycles. The quantitative estimate of drug-likeness (QED) is 0.284. The summed E-state index contributed by atoms with van der Waals surface area (Å²) in [5.41, 5.74) is 1.04. The number of nitrogens with zero attached hydrogens (tertiary/aromatic N) is 2. The molecule has 13 nitrogen and oxygen atoms in total. The van der Waals surface area contributed by atoms with Crippen LogP contribution in [0.5, 0.6) is 17.2 Å². The fourth-order valence-electron chi connectivity index (χ4n) is 7.13. The Bertz CT molecular complexity index is 1360. The summed E-state index contributed by atoms with van der Waals surface area (Å²) in [6.07, 6.45) is 1.23. The zero-order valence-electron chi connectivity index (χ0n) is 22.4. The summed E-state index contributed by atoms with van der Waals surface area (Å²) in [6.45, 7) is -0.579. The Balaban J connectivity index is 1.64. The summed E-state index contributed by atoms with van der Waals surface area (Å²) in [5.74, 6) is -9.13. The van der Waals surface area contributed by atoms with Crippen molar-refractivity contribution in [2.24, 2.45) is 29.6 Å². The molecule has 2 heterocycles. The molecule has 0 bridgehead atoms. The number of likely N-dealkylation sites (tertiary alicyclic amines) is 2. The zero-order valence-corrected chi connectivity index (χ0v) is 22.4. The second-order valence-corrected chi connectivity index (χ2v) is 10.7. The van der Waals surface area contributed by atoms with E-state index in [0.29, 0.717) is 11.1 Å². The first kappa shape index (κ1) is 28.1. The van der Waals surface area contributed by atoms with Crippen molar-refractivity contribution in [2.75, 3.05) is 27.3 Å². The molecular weight excluding hydrogens is 540 g/mol. The summed E-state index contributed by atoms with van der Waals surface area (Å²) in [6, 6.07) is 2.70. The molecule has 6 atom stereocenters. The van der Waals surface area contributed by atoms with Crippen LogP contribution in [0.15, 0.2) is 23.8 Å². The number of phenols is 1. The van der Waals surface area contributed by atoms with E-state index in [-0.39, 0.29) is 43.2 Å². The highest BCUT2D eigenvalue weighted by Crippen LogP contribution is 2.60. The molecule has 0 radical (unpaired) electrons. The van der Waals surface area contributed by atoms with Gasteiger partial charge in [-0.05, 0) is 18.8 Å². The number of methoxy groups -OCH3 is 2. The number of allylic oxidation sites excluding steroid dienone is 2. The molecule has 1 aromatic carbocycles. The van der Waals surface area contributed by atoms with Gasteiger partial charge in [-0.1, -0.05) is 11.6 Å². The number of benzene rings is 1. The van der Waals surface area contributed by atoms with Crippen molar-refractivity contribution in [3.05, 3.63) is 29.3 Å². The van der Waals surface area contributed by atoms with Gasteiger partial charge in [0, 0.05) is 36.7 Å². The van der Waals surface area contributed by atoms with Crippen molar-refractivity contribution in [3.63, 3.8) is 0 Å². The lowest BCUT2D eigenvalue weighted by Gasteiger charge is -2.44. The van der Waals surface area contributed by atoms with Gasteiger partial charge in [0.1, 0.15) is 17.2 Å². The molecule has 41 heavy (non-hydrogen) atoms. The van der Waals surface area contributed by atoms with Crippen molar-refractivity contribution >= 4 is 35.6 Å². The first-order chi connectivity index (χ1) is 19.5. The topological polar surface area (TPSA) is 188 Å². The lowest BCUT2D eigenvalue weighted by molar-refractivity contribution is -0.145. The fraction of sp³-hybridized carbons (Fsp3) is 0.500. The Morgan fingerprint density at radius 3 is 1.83 bits per heavy atom. The molecule has 2 aliphatic heterocycles. The van der Waals surface area contributed by atoms with Crippen LogP contribution in [0, 0.1) is 29.6 Å².